The van der Waals surface area contributed by atoms with Gasteiger partial charge in [-0.05, 0) is 44.2 Å². The predicted molar refractivity (Wildman–Crippen MR) is 114 cm³/mol. The second-order valence-electron chi connectivity index (χ2n) is 9.44. The molecule has 2 amide bonds. The minimum absolute atomic E-state index is 0.0409. The molecular formula is C22H26ClF4N3O4. The van der Waals surface area contributed by atoms with Crippen molar-refractivity contribution in [2.24, 2.45) is 5.92 Å². The fourth-order valence-corrected chi connectivity index (χ4v) is 5.35. The number of amides is 2. The molecule has 1 saturated heterocycles. The van der Waals surface area contributed by atoms with Gasteiger partial charge in [0, 0.05) is 30.2 Å². The Kier molecular flexibility index (Phi) is 6.99. The van der Waals surface area contributed by atoms with E-state index in [1.165, 1.54) is 12.1 Å². The summed E-state index contributed by atoms with van der Waals surface area (Å²) < 4.78 is 62.9. The molecule has 4 fully saturated rings. The van der Waals surface area contributed by atoms with Crippen molar-refractivity contribution in [3.63, 3.8) is 0 Å². The van der Waals surface area contributed by atoms with Crippen molar-refractivity contribution in [2.45, 2.75) is 55.5 Å². The number of hydrogen-bond acceptors (Lipinski definition) is 5. The Bertz CT molecular complexity index is 939. The molecule has 4 aliphatic rings. The van der Waals surface area contributed by atoms with Crippen molar-refractivity contribution in [2.75, 3.05) is 26.3 Å². The number of nitrogens with one attached hydrogen (secondary N) is 3. The van der Waals surface area contributed by atoms with E-state index in [1.807, 2.05) is 0 Å². The van der Waals surface area contributed by atoms with Crippen molar-refractivity contribution in [1.82, 2.24) is 16.0 Å². The van der Waals surface area contributed by atoms with Crippen molar-refractivity contribution in [3.8, 4) is 5.75 Å². The van der Waals surface area contributed by atoms with Gasteiger partial charge in [-0.25, -0.2) is 4.39 Å². The van der Waals surface area contributed by atoms with Crippen LogP contribution in [0.2, 0.25) is 5.02 Å². The first-order valence-electron chi connectivity index (χ1n) is 11.1. The molecule has 2 bridgehead atoms. The second-order valence-corrected chi connectivity index (χ2v) is 9.85. The van der Waals surface area contributed by atoms with Crippen LogP contribution in [0.4, 0.5) is 17.6 Å². The lowest BCUT2D eigenvalue weighted by atomic mass is 9.71. The molecule has 2 atom stereocenters. The lowest BCUT2D eigenvalue weighted by Gasteiger charge is -2.48. The lowest BCUT2D eigenvalue weighted by molar-refractivity contribution is -0.188. The number of benzene rings is 1. The van der Waals surface area contributed by atoms with Crippen molar-refractivity contribution < 1.29 is 36.6 Å². The van der Waals surface area contributed by atoms with Crippen molar-refractivity contribution in [3.05, 3.63) is 29.0 Å². The zero-order valence-electron chi connectivity index (χ0n) is 18.3. The zero-order valence-corrected chi connectivity index (χ0v) is 19.0. The molecule has 1 aromatic rings. The number of carbonyl (C=O) groups is 2. The van der Waals surface area contributed by atoms with Crippen LogP contribution in [-0.2, 0) is 14.3 Å². The fraction of sp³-hybridized carbons (Fsp3) is 0.636. The van der Waals surface area contributed by atoms with Crippen LogP contribution in [0.15, 0.2) is 18.2 Å². The predicted octanol–water partition coefficient (Wildman–Crippen LogP) is 2.71. The number of alkyl halides is 3. The summed E-state index contributed by atoms with van der Waals surface area (Å²) in [6.07, 6.45) is -2.70. The lowest BCUT2D eigenvalue weighted by Crippen LogP contribution is -2.65. The van der Waals surface area contributed by atoms with E-state index in [9.17, 15) is 27.2 Å². The number of ether oxygens (including phenoxy) is 2. The highest BCUT2D eigenvalue weighted by molar-refractivity contribution is 6.30. The van der Waals surface area contributed by atoms with E-state index in [1.54, 1.807) is 0 Å². The molecule has 0 spiro atoms. The molecule has 1 aliphatic heterocycles. The molecule has 7 nitrogen and oxygen atoms in total. The third kappa shape index (κ3) is 5.75. The molecular weight excluding hydrogens is 482 g/mol. The van der Waals surface area contributed by atoms with E-state index < -0.39 is 35.1 Å². The van der Waals surface area contributed by atoms with Gasteiger partial charge in [-0.15, -0.1) is 0 Å². The summed E-state index contributed by atoms with van der Waals surface area (Å²) >= 11 is 5.62. The summed E-state index contributed by atoms with van der Waals surface area (Å²) in [5.41, 5.74) is -0.889. The van der Waals surface area contributed by atoms with Gasteiger partial charge in [-0.2, -0.15) is 13.2 Å². The first-order valence-corrected chi connectivity index (χ1v) is 11.4. The van der Waals surface area contributed by atoms with Gasteiger partial charge < -0.3 is 25.4 Å². The number of hydrogen-bond donors (Lipinski definition) is 3. The van der Waals surface area contributed by atoms with Gasteiger partial charge in [0.1, 0.15) is 18.2 Å². The van der Waals surface area contributed by atoms with Crippen molar-refractivity contribution >= 4 is 23.4 Å². The Labute approximate surface area is 198 Å². The van der Waals surface area contributed by atoms with E-state index in [0.717, 1.165) is 6.07 Å². The number of piperidine rings is 1. The highest BCUT2D eigenvalue weighted by atomic mass is 35.5. The summed E-state index contributed by atoms with van der Waals surface area (Å²) in [6.45, 7) is -0.479. The summed E-state index contributed by atoms with van der Waals surface area (Å²) in [5, 5.41) is 8.52. The van der Waals surface area contributed by atoms with Crippen LogP contribution in [0, 0.1) is 11.7 Å². The third-order valence-electron chi connectivity index (χ3n) is 6.73. The van der Waals surface area contributed by atoms with E-state index in [4.69, 9.17) is 21.1 Å². The molecule has 12 heteroatoms. The average Bonchev–Trinajstić information content (AvgIpc) is 3.27. The summed E-state index contributed by atoms with van der Waals surface area (Å²) in [4.78, 5) is 24.7. The molecule has 2 unspecified atom stereocenters. The smallest absolute Gasteiger partial charge is 0.393 e. The maximum Gasteiger partial charge on any atom is 0.393 e. The minimum Gasteiger partial charge on any atom is -0.484 e. The molecule has 34 heavy (non-hydrogen) atoms. The number of halogens is 5. The monoisotopic (exact) mass is 507 g/mol. The minimum atomic E-state index is -4.30. The number of fused-ring (bicyclic) bond motifs is 1. The Balaban J connectivity index is 1.18. The fourth-order valence-electron chi connectivity index (χ4n) is 5.23. The Morgan fingerprint density at radius 2 is 1.74 bits per heavy atom. The summed E-state index contributed by atoms with van der Waals surface area (Å²) in [5.74, 6) is -2.68. The van der Waals surface area contributed by atoms with Gasteiger partial charge in [0.15, 0.2) is 6.61 Å². The molecule has 5 rings (SSSR count). The van der Waals surface area contributed by atoms with Gasteiger partial charge >= 0.3 is 6.18 Å². The van der Waals surface area contributed by atoms with Crippen LogP contribution in [0.5, 0.6) is 5.75 Å². The zero-order chi connectivity index (χ0) is 24.6. The van der Waals surface area contributed by atoms with Gasteiger partial charge in [-0.3, -0.25) is 9.59 Å². The normalized spacial score (nSPS) is 30.4. The van der Waals surface area contributed by atoms with Crippen LogP contribution in [0.1, 0.15) is 32.1 Å². The first-order chi connectivity index (χ1) is 16.0. The molecule has 1 aromatic carbocycles. The summed E-state index contributed by atoms with van der Waals surface area (Å²) in [6, 6.07) is 3.90. The quantitative estimate of drug-likeness (QED) is 0.471. The number of carbonyl (C=O) groups excluding carboxylic acids is 2. The molecule has 188 valence electrons. The van der Waals surface area contributed by atoms with E-state index in [2.05, 4.69) is 16.0 Å². The van der Waals surface area contributed by atoms with Crippen LogP contribution < -0.4 is 20.7 Å². The Hall–Kier alpha value is -2.11. The van der Waals surface area contributed by atoms with Gasteiger partial charge in [-0.1, -0.05) is 11.6 Å². The van der Waals surface area contributed by atoms with Crippen LogP contribution in [-0.4, -0.2) is 61.5 Å². The molecule has 3 N–H and O–H groups in total. The standard InChI is InChI=1S/C22H26ClF4N3O4/c23-16-2-1-14(6-17(16)24)33-9-18(31)29-20-3-4-21(11-20,12-20)30-19(32)10-34-15-5-13(7-28-8-15)22(25,26)27/h1-2,6,13,15,28H,3-5,7-12H2,(H,29,31)(H,30,32). The largest absolute Gasteiger partial charge is 0.484 e. The maximum absolute atomic E-state index is 13.5. The van der Waals surface area contributed by atoms with Gasteiger partial charge in [0.25, 0.3) is 5.91 Å². The Morgan fingerprint density at radius 1 is 1.09 bits per heavy atom. The molecule has 0 aromatic heterocycles. The average molecular weight is 508 g/mol. The van der Waals surface area contributed by atoms with E-state index in [-0.39, 0.29) is 55.3 Å². The van der Waals surface area contributed by atoms with Crippen LogP contribution in [0.3, 0.4) is 0 Å². The molecule has 3 saturated carbocycles. The highest BCUT2D eigenvalue weighted by Gasteiger charge is 2.62. The van der Waals surface area contributed by atoms with Crippen molar-refractivity contribution in [1.29, 1.82) is 0 Å². The number of rotatable bonds is 8. The van der Waals surface area contributed by atoms with Gasteiger partial charge in [0.2, 0.25) is 5.91 Å². The highest BCUT2D eigenvalue weighted by Crippen LogP contribution is 2.55. The Morgan fingerprint density at radius 3 is 2.35 bits per heavy atom. The molecule has 0 radical (unpaired) electrons. The third-order valence-corrected chi connectivity index (χ3v) is 7.04. The first kappa shape index (κ1) is 25.0. The maximum atomic E-state index is 13.5. The summed E-state index contributed by atoms with van der Waals surface area (Å²) in [7, 11) is 0. The molecule has 3 aliphatic carbocycles. The van der Waals surface area contributed by atoms with Crippen LogP contribution >= 0.6 is 11.6 Å². The van der Waals surface area contributed by atoms with Gasteiger partial charge in [0.05, 0.1) is 17.0 Å². The molecule has 1 heterocycles. The second kappa shape index (κ2) is 9.50. The SMILES string of the molecule is O=C(COc1ccc(Cl)c(F)c1)NC12CCC(NC(=O)COC3CNCC(C(F)(F)F)C3)(C1)C2. The van der Waals surface area contributed by atoms with Crippen LogP contribution in [0.25, 0.3) is 0 Å². The van der Waals surface area contributed by atoms with E-state index in [0.29, 0.717) is 25.7 Å². The van der Waals surface area contributed by atoms with E-state index >= 15 is 0 Å². The topological polar surface area (TPSA) is 88.7 Å².